The molecule has 1 aliphatic heterocycles. The molecule has 1 heterocycles. The lowest BCUT2D eigenvalue weighted by Crippen LogP contribution is -2.43. The molecule has 2 aliphatic carbocycles. The lowest BCUT2D eigenvalue weighted by atomic mass is 9.52. The zero-order valence-electron chi connectivity index (χ0n) is 14.6. The van der Waals surface area contributed by atoms with Crippen LogP contribution in [0, 0.1) is 22.7 Å². The first kappa shape index (κ1) is 15.8. The quantitative estimate of drug-likeness (QED) is 0.539. The molecule has 0 bridgehead atoms. The van der Waals surface area contributed by atoms with E-state index in [9.17, 15) is 4.79 Å². The van der Waals surface area contributed by atoms with E-state index < -0.39 is 0 Å². The van der Waals surface area contributed by atoms with Gasteiger partial charge in [0.2, 0.25) is 0 Å². The van der Waals surface area contributed by atoms with Crippen LogP contribution in [0.15, 0.2) is 23.3 Å². The summed E-state index contributed by atoms with van der Waals surface area (Å²) in [6, 6.07) is 0. The molecule has 0 radical (unpaired) electrons. The number of carbonyl (C=O) groups is 1. The molecule has 122 valence electrons. The van der Waals surface area contributed by atoms with Crippen LogP contribution in [0.1, 0.15) is 66.2 Å². The number of carbonyl (C=O) groups excluding carboxylic acids is 1. The van der Waals surface area contributed by atoms with Crippen molar-refractivity contribution in [1.29, 1.82) is 0 Å². The molecule has 0 aromatic rings. The number of allylic oxidation sites excluding steroid dienone is 2. The highest BCUT2D eigenvalue weighted by Gasteiger charge is 2.47. The second-order valence-electron chi connectivity index (χ2n) is 8.55. The van der Waals surface area contributed by atoms with Crippen molar-refractivity contribution >= 4 is 5.97 Å². The molecule has 0 amide bonds. The number of cyclic esters (lactones) is 1. The van der Waals surface area contributed by atoms with Crippen molar-refractivity contribution in [3.05, 3.63) is 23.3 Å². The fraction of sp³-hybridized carbons (Fsp3) is 0.750. The number of ether oxygens (including phenoxy) is 1. The molecule has 1 fully saturated rings. The summed E-state index contributed by atoms with van der Waals surface area (Å²) in [7, 11) is 0. The summed E-state index contributed by atoms with van der Waals surface area (Å²) in [5.41, 5.74) is 3.62. The molecule has 0 spiro atoms. The van der Waals surface area contributed by atoms with Crippen LogP contribution in [-0.4, -0.2) is 12.6 Å². The Labute approximate surface area is 135 Å². The summed E-state index contributed by atoms with van der Waals surface area (Å²) in [5, 5.41) is 0. The molecule has 2 nitrogen and oxygen atoms in total. The van der Waals surface area contributed by atoms with Gasteiger partial charge in [0, 0.05) is 6.08 Å². The van der Waals surface area contributed by atoms with Crippen LogP contribution in [-0.2, 0) is 9.53 Å². The Morgan fingerprint density at radius 2 is 2.05 bits per heavy atom. The van der Waals surface area contributed by atoms with Crippen molar-refractivity contribution < 1.29 is 9.53 Å². The predicted molar refractivity (Wildman–Crippen MR) is 89.4 cm³/mol. The topological polar surface area (TPSA) is 26.3 Å². The first-order valence-corrected chi connectivity index (χ1v) is 8.90. The second-order valence-corrected chi connectivity index (χ2v) is 8.55. The fourth-order valence-corrected chi connectivity index (χ4v) is 4.90. The summed E-state index contributed by atoms with van der Waals surface area (Å²) in [6.07, 6.45) is 11.6. The smallest absolute Gasteiger partial charge is 0.331 e. The number of hydrogen-bond donors (Lipinski definition) is 0. The Kier molecular flexibility index (Phi) is 3.99. The van der Waals surface area contributed by atoms with Crippen LogP contribution in [0.4, 0.5) is 0 Å². The van der Waals surface area contributed by atoms with Gasteiger partial charge in [-0.3, -0.25) is 0 Å². The maximum absolute atomic E-state index is 11.3. The third-order valence-electron chi connectivity index (χ3n) is 6.79. The highest BCUT2D eigenvalue weighted by Crippen LogP contribution is 2.58. The molecule has 0 aromatic carbocycles. The van der Waals surface area contributed by atoms with Gasteiger partial charge in [0.05, 0.1) is 0 Å². The molecule has 1 saturated carbocycles. The molecule has 1 unspecified atom stereocenters. The standard InChI is InChI=1S/C20H30O2/c1-14-7-8-16-17(6-5-10-19(16,2)3)20(14,4)11-9-15-12-18(21)22-13-15/h6,12,14,16H,5,7-11,13H2,1-4H3/t14?,16-,20-/m0/s1. The lowest BCUT2D eigenvalue weighted by molar-refractivity contribution is -0.134. The van der Waals surface area contributed by atoms with E-state index in [4.69, 9.17) is 4.74 Å². The third-order valence-corrected chi connectivity index (χ3v) is 6.79. The molecule has 3 rings (SSSR count). The highest BCUT2D eigenvalue weighted by molar-refractivity contribution is 5.85. The normalized spacial score (nSPS) is 37.2. The van der Waals surface area contributed by atoms with Crippen molar-refractivity contribution in [2.75, 3.05) is 6.61 Å². The fourth-order valence-electron chi connectivity index (χ4n) is 4.90. The largest absolute Gasteiger partial charge is 0.458 e. The van der Waals surface area contributed by atoms with E-state index in [2.05, 4.69) is 33.8 Å². The van der Waals surface area contributed by atoms with Crippen LogP contribution in [0.3, 0.4) is 0 Å². The van der Waals surface area contributed by atoms with Crippen molar-refractivity contribution in [2.45, 2.75) is 66.2 Å². The Bertz CT molecular complexity index is 526. The highest BCUT2D eigenvalue weighted by atomic mass is 16.5. The molecular formula is C20H30O2. The van der Waals surface area contributed by atoms with Gasteiger partial charge in [0.15, 0.2) is 0 Å². The summed E-state index contributed by atoms with van der Waals surface area (Å²) >= 11 is 0. The van der Waals surface area contributed by atoms with E-state index >= 15 is 0 Å². The average Bonchev–Trinajstić information content (AvgIpc) is 2.87. The van der Waals surface area contributed by atoms with Gasteiger partial charge >= 0.3 is 5.97 Å². The number of rotatable bonds is 3. The van der Waals surface area contributed by atoms with Crippen LogP contribution in [0.25, 0.3) is 0 Å². The maximum atomic E-state index is 11.3. The molecule has 3 aliphatic rings. The summed E-state index contributed by atoms with van der Waals surface area (Å²) in [6.45, 7) is 10.3. The minimum Gasteiger partial charge on any atom is -0.458 e. The Morgan fingerprint density at radius 1 is 1.27 bits per heavy atom. The van der Waals surface area contributed by atoms with Crippen molar-refractivity contribution in [1.82, 2.24) is 0 Å². The molecular weight excluding hydrogens is 272 g/mol. The Morgan fingerprint density at radius 3 is 2.73 bits per heavy atom. The van der Waals surface area contributed by atoms with E-state index in [1.807, 2.05) is 0 Å². The molecule has 0 N–H and O–H groups in total. The van der Waals surface area contributed by atoms with Gasteiger partial charge in [-0.05, 0) is 66.8 Å². The molecule has 2 heteroatoms. The minimum absolute atomic E-state index is 0.160. The predicted octanol–water partition coefficient (Wildman–Crippen LogP) is 5.05. The summed E-state index contributed by atoms with van der Waals surface area (Å²) in [4.78, 5) is 11.3. The van der Waals surface area contributed by atoms with Crippen molar-refractivity contribution in [3.63, 3.8) is 0 Å². The lowest BCUT2D eigenvalue weighted by Gasteiger charge is -2.53. The van der Waals surface area contributed by atoms with Gasteiger partial charge in [-0.2, -0.15) is 0 Å². The Hall–Kier alpha value is -1.05. The maximum Gasteiger partial charge on any atom is 0.331 e. The number of hydrogen-bond acceptors (Lipinski definition) is 2. The van der Waals surface area contributed by atoms with Gasteiger partial charge in [0.25, 0.3) is 0 Å². The van der Waals surface area contributed by atoms with Crippen LogP contribution < -0.4 is 0 Å². The SMILES string of the molecule is CC1CC[C@H]2C(=CCCC2(C)C)[C@@]1(C)CCC1=CC(=O)OC1. The monoisotopic (exact) mass is 302 g/mol. The van der Waals surface area contributed by atoms with Crippen molar-refractivity contribution in [2.24, 2.45) is 22.7 Å². The van der Waals surface area contributed by atoms with Gasteiger partial charge in [0.1, 0.15) is 6.61 Å². The van der Waals surface area contributed by atoms with Crippen molar-refractivity contribution in [3.8, 4) is 0 Å². The number of esters is 1. The van der Waals surface area contributed by atoms with E-state index in [-0.39, 0.29) is 11.4 Å². The minimum atomic E-state index is -0.160. The van der Waals surface area contributed by atoms with Gasteiger partial charge in [-0.1, -0.05) is 39.3 Å². The zero-order valence-corrected chi connectivity index (χ0v) is 14.6. The van der Waals surface area contributed by atoms with Crippen LogP contribution in [0.5, 0.6) is 0 Å². The Balaban J connectivity index is 1.81. The third kappa shape index (κ3) is 2.66. The number of fused-ring (bicyclic) bond motifs is 1. The average molecular weight is 302 g/mol. The van der Waals surface area contributed by atoms with E-state index in [0.717, 1.165) is 24.7 Å². The van der Waals surface area contributed by atoms with Crippen LogP contribution >= 0.6 is 0 Å². The van der Waals surface area contributed by atoms with Crippen LogP contribution in [0.2, 0.25) is 0 Å². The first-order chi connectivity index (χ1) is 10.3. The van der Waals surface area contributed by atoms with Gasteiger partial charge in [-0.25, -0.2) is 4.79 Å². The first-order valence-electron chi connectivity index (χ1n) is 8.90. The molecule has 3 atom stereocenters. The van der Waals surface area contributed by atoms with E-state index in [1.165, 1.54) is 31.3 Å². The van der Waals surface area contributed by atoms with E-state index in [1.54, 1.807) is 11.6 Å². The zero-order chi connectivity index (χ0) is 16.0. The molecule has 0 saturated heterocycles. The van der Waals surface area contributed by atoms with Gasteiger partial charge in [-0.15, -0.1) is 0 Å². The summed E-state index contributed by atoms with van der Waals surface area (Å²) < 4.78 is 5.06. The molecule has 22 heavy (non-hydrogen) atoms. The summed E-state index contributed by atoms with van der Waals surface area (Å²) in [5.74, 6) is 1.31. The van der Waals surface area contributed by atoms with Gasteiger partial charge < -0.3 is 4.74 Å². The second kappa shape index (κ2) is 5.54. The van der Waals surface area contributed by atoms with E-state index in [0.29, 0.717) is 12.0 Å². The molecule has 0 aromatic heterocycles.